The van der Waals surface area contributed by atoms with Gasteiger partial charge in [0.15, 0.2) is 23.0 Å². The molecule has 0 bridgehead atoms. The standard InChI is InChI=1S/C23H24O4/c1-25-20-12-10-16(13-21(20)26-2)9-11-18-14-19(15-22(27-3)23(18)24)17-7-5-4-6-8-17/h4-8,10,12-15,24H,9,11H2,1-3H3. The van der Waals surface area contributed by atoms with Gasteiger partial charge in [-0.2, -0.15) is 0 Å². The highest BCUT2D eigenvalue weighted by atomic mass is 16.5. The van der Waals surface area contributed by atoms with Crippen LogP contribution in [0.5, 0.6) is 23.0 Å². The average Bonchev–Trinajstić information content (AvgIpc) is 2.73. The van der Waals surface area contributed by atoms with E-state index in [1.165, 1.54) is 0 Å². The molecular weight excluding hydrogens is 340 g/mol. The molecule has 0 aliphatic carbocycles. The number of methoxy groups -OCH3 is 3. The molecule has 3 aromatic carbocycles. The molecule has 1 N–H and O–H groups in total. The summed E-state index contributed by atoms with van der Waals surface area (Å²) in [5.74, 6) is 2.09. The maximum absolute atomic E-state index is 10.6. The highest BCUT2D eigenvalue weighted by Crippen LogP contribution is 2.36. The van der Waals surface area contributed by atoms with Crippen molar-refractivity contribution in [2.75, 3.05) is 21.3 Å². The first-order valence-corrected chi connectivity index (χ1v) is 8.82. The summed E-state index contributed by atoms with van der Waals surface area (Å²) in [5, 5.41) is 10.6. The fourth-order valence-electron chi connectivity index (χ4n) is 3.12. The Morgan fingerprint density at radius 1 is 0.667 bits per heavy atom. The first-order chi connectivity index (χ1) is 13.2. The van der Waals surface area contributed by atoms with E-state index in [2.05, 4.69) is 0 Å². The van der Waals surface area contributed by atoms with Crippen molar-refractivity contribution in [3.05, 3.63) is 71.8 Å². The predicted molar refractivity (Wildman–Crippen MR) is 107 cm³/mol. The molecule has 0 aromatic heterocycles. The lowest BCUT2D eigenvalue weighted by molar-refractivity contribution is 0.354. The number of phenols is 1. The minimum atomic E-state index is 0.192. The molecule has 140 valence electrons. The van der Waals surface area contributed by atoms with Crippen molar-refractivity contribution in [2.24, 2.45) is 0 Å². The number of rotatable bonds is 7. The Balaban J connectivity index is 1.88. The summed E-state index contributed by atoms with van der Waals surface area (Å²) >= 11 is 0. The Morgan fingerprint density at radius 2 is 1.37 bits per heavy atom. The quantitative estimate of drug-likeness (QED) is 0.650. The van der Waals surface area contributed by atoms with E-state index in [1.807, 2.05) is 60.7 Å². The third kappa shape index (κ3) is 4.17. The van der Waals surface area contributed by atoms with Crippen LogP contribution in [-0.2, 0) is 12.8 Å². The Bertz CT molecular complexity index is 904. The lowest BCUT2D eigenvalue weighted by Crippen LogP contribution is -1.97. The van der Waals surface area contributed by atoms with Crippen LogP contribution in [0.4, 0.5) is 0 Å². The van der Waals surface area contributed by atoms with E-state index >= 15 is 0 Å². The van der Waals surface area contributed by atoms with Crippen LogP contribution in [-0.4, -0.2) is 26.4 Å². The van der Waals surface area contributed by atoms with Gasteiger partial charge in [0.1, 0.15) is 0 Å². The van der Waals surface area contributed by atoms with Crippen LogP contribution in [0, 0.1) is 0 Å². The van der Waals surface area contributed by atoms with E-state index in [-0.39, 0.29) is 5.75 Å². The van der Waals surface area contributed by atoms with Gasteiger partial charge < -0.3 is 19.3 Å². The summed E-state index contributed by atoms with van der Waals surface area (Å²) in [6, 6.07) is 19.8. The van der Waals surface area contributed by atoms with Crippen molar-refractivity contribution < 1.29 is 19.3 Å². The van der Waals surface area contributed by atoms with E-state index < -0.39 is 0 Å². The maximum Gasteiger partial charge on any atom is 0.161 e. The molecule has 3 rings (SSSR count). The summed E-state index contributed by atoms with van der Waals surface area (Å²) in [7, 11) is 4.82. The Kier molecular flexibility index (Phi) is 5.87. The molecule has 0 amide bonds. The number of aryl methyl sites for hydroxylation is 2. The molecule has 0 aliphatic heterocycles. The topological polar surface area (TPSA) is 47.9 Å². The van der Waals surface area contributed by atoms with Crippen molar-refractivity contribution >= 4 is 0 Å². The van der Waals surface area contributed by atoms with Gasteiger partial charge in [-0.3, -0.25) is 0 Å². The summed E-state index contributed by atoms with van der Waals surface area (Å²) < 4.78 is 16.0. The minimum Gasteiger partial charge on any atom is -0.504 e. The predicted octanol–water partition coefficient (Wildman–Crippen LogP) is 4.87. The molecule has 0 heterocycles. The molecule has 0 radical (unpaired) electrons. The van der Waals surface area contributed by atoms with Gasteiger partial charge in [-0.05, 0) is 59.4 Å². The summed E-state index contributed by atoms with van der Waals surface area (Å²) in [6.07, 6.45) is 1.44. The summed E-state index contributed by atoms with van der Waals surface area (Å²) in [6.45, 7) is 0. The molecule has 0 atom stereocenters. The normalized spacial score (nSPS) is 10.5. The van der Waals surface area contributed by atoms with Crippen molar-refractivity contribution in [3.63, 3.8) is 0 Å². The molecule has 0 saturated heterocycles. The number of ether oxygens (including phenoxy) is 3. The first kappa shape index (κ1) is 18.6. The van der Waals surface area contributed by atoms with Crippen molar-refractivity contribution in [1.82, 2.24) is 0 Å². The van der Waals surface area contributed by atoms with E-state index in [1.54, 1.807) is 21.3 Å². The molecule has 4 nitrogen and oxygen atoms in total. The fraction of sp³-hybridized carbons (Fsp3) is 0.217. The molecule has 0 unspecified atom stereocenters. The Morgan fingerprint density at radius 3 is 2.04 bits per heavy atom. The SMILES string of the molecule is COc1ccc(CCc2cc(-c3ccccc3)cc(OC)c2O)cc1OC. The molecule has 0 aliphatic rings. The van der Waals surface area contributed by atoms with Crippen LogP contribution in [0.15, 0.2) is 60.7 Å². The fourth-order valence-corrected chi connectivity index (χ4v) is 3.12. The van der Waals surface area contributed by atoms with Gasteiger partial charge in [0.2, 0.25) is 0 Å². The van der Waals surface area contributed by atoms with Crippen molar-refractivity contribution in [1.29, 1.82) is 0 Å². The second-order valence-electron chi connectivity index (χ2n) is 6.24. The highest BCUT2D eigenvalue weighted by Gasteiger charge is 2.13. The molecule has 0 fully saturated rings. The second kappa shape index (κ2) is 8.49. The smallest absolute Gasteiger partial charge is 0.161 e. The monoisotopic (exact) mass is 364 g/mol. The van der Waals surface area contributed by atoms with Gasteiger partial charge in [-0.15, -0.1) is 0 Å². The average molecular weight is 364 g/mol. The minimum absolute atomic E-state index is 0.192. The van der Waals surface area contributed by atoms with Crippen LogP contribution < -0.4 is 14.2 Å². The number of phenolic OH excluding ortho intramolecular Hbond substituents is 1. The Labute approximate surface area is 160 Å². The molecular formula is C23H24O4. The lowest BCUT2D eigenvalue weighted by Gasteiger charge is -2.13. The van der Waals surface area contributed by atoms with Crippen molar-refractivity contribution in [2.45, 2.75) is 12.8 Å². The zero-order valence-corrected chi connectivity index (χ0v) is 15.9. The molecule has 4 heteroatoms. The van der Waals surface area contributed by atoms with Gasteiger partial charge in [0.05, 0.1) is 21.3 Å². The third-order valence-electron chi connectivity index (χ3n) is 4.61. The zero-order chi connectivity index (χ0) is 19.2. The van der Waals surface area contributed by atoms with Gasteiger partial charge in [0.25, 0.3) is 0 Å². The van der Waals surface area contributed by atoms with Gasteiger partial charge in [-0.25, -0.2) is 0 Å². The van der Waals surface area contributed by atoms with E-state index in [0.717, 1.165) is 28.7 Å². The first-order valence-electron chi connectivity index (χ1n) is 8.82. The summed E-state index contributed by atoms with van der Waals surface area (Å²) in [5.41, 5.74) is 4.06. The zero-order valence-electron chi connectivity index (χ0n) is 15.9. The Hall–Kier alpha value is -3.14. The van der Waals surface area contributed by atoms with Crippen LogP contribution in [0.3, 0.4) is 0 Å². The molecule has 0 spiro atoms. The van der Waals surface area contributed by atoms with Gasteiger partial charge in [0, 0.05) is 0 Å². The molecule has 27 heavy (non-hydrogen) atoms. The molecule has 3 aromatic rings. The number of aromatic hydroxyl groups is 1. The van der Waals surface area contributed by atoms with Crippen LogP contribution >= 0.6 is 0 Å². The van der Waals surface area contributed by atoms with Crippen LogP contribution in [0.2, 0.25) is 0 Å². The maximum atomic E-state index is 10.6. The number of benzene rings is 3. The molecule has 0 saturated carbocycles. The highest BCUT2D eigenvalue weighted by molar-refractivity contribution is 5.69. The summed E-state index contributed by atoms with van der Waals surface area (Å²) in [4.78, 5) is 0. The van der Waals surface area contributed by atoms with Gasteiger partial charge in [-0.1, -0.05) is 36.4 Å². The lowest BCUT2D eigenvalue weighted by atomic mass is 9.97. The second-order valence-corrected chi connectivity index (χ2v) is 6.24. The number of hydrogen-bond acceptors (Lipinski definition) is 4. The third-order valence-corrected chi connectivity index (χ3v) is 4.61. The largest absolute Gasteiger partial charge is 0.504 e. The van der Waals surface area contributed by atoms with E-state index in [4.69, 9.17) is 14.2 Å². The van der Waals surface area contributed by atoms with E-state index in [0.29, 0.717) is 23.7 Å². The van der Waals surface area contributed by atoms with Crippen molar-refractivity contribution in [3.8, 4) is 34.1 Å². The number of hydrogen-bond donors (Lipinski definition) is 1. The van der Waals surface area contributed by atoms with Gasteiger partial charge >= 0.3 is 0 Å². The van der Waals surface area contributed by atoms with Crippen LogP contribution in [0.1, 0.15) is 11.1 Å². The van der Waals surface area contributed by atoms with Crippen LogP contribution in [0.25, 0.3) is 11.1 Å². The van der Waals surface area contributed by atoms with E-state index in [9.17, 15) is 5.11 Å².